The van der Waals surface area contributed by atoms with E-state index in [9.17, 15) is 18.0 Å². The van der Waals surface area contributed by atoms with Crippen LogP contribution in [0.4, 0.5) is 13.2 Å². The number of ether oxygens (including phenoxy) is 1. The van der Waals surface area contributed by atoms with Gasteiger partial charge in [0.25, 0.3) is 5.91 Å². The molecule has 2 aromatic rings. The van der Waals surface area contributed by atoms with Gasteiger partial charge >= 0.3 is 0 Å². The number of carbonyl (C=O) groups is 1. The highest BCUT2D eigenvalue weighted by Gasteiger charge is 2.06. The maximum atomic E-state index is 13.3. The first kappa shape index (κ1) is 15.6. The third kappa shape index (κ3) is 4.34. The number of hydrogen-bond donors (Lipinski definition) is 1. The van der Waals surface area contributed by atoms with E-state index in [1.54, 1.807) is 0 Å². The van der Waals surface area contributed by atoms with E-state index >= 15 is 0 Å². The summed E-state index contributed by atoms with van der Waals surface area (Å²) in [5.74, 6) is -2.33. The van der Waals surface area contributed by atoms with Crippen molar-refractivity contribution in [3.63, 3.8) is 0 Å². The normalized spacial score (nSPS) is 10.7. The number of hydrazone groups is 1. The first-order chi connectivity index (χ1) is 10.6. The zero-order valence-electron chi connectivity index (χ0n) is 11.2. The Labute approximate surface area is 124 Å². The minimum atomic E-state index is -0.791. The molecule has 0 aliphatic heterocycles. The summed E-state index contributed by atoms with van der Waals surface area (Å²) in [5, 5.41) is 3.45. The second-order valence-electron chi connectivity index (χ2n) is 4.17. The maximum Gasteiger partial charge on any atom is 0.277 e. The largest absolute Gasteiger partial charge is 0.484 e. The highest BCUT2D eigenvalue weighted by atomic mass is 19.1. The van der Waals surface area contributed by atoms with Crippen LogP contribution in [0.3, 0.4) is 0 Å². The third-order valence-electron chi connectivity index (χ3n) is 2.57. The summed E-state index contributed by atoms with van der Waals surface area (Å²) in [6.45, 7) is -0.372. The van der Waals surface area contributed by atoms with Crippen molar-refractivity contribution in [2.45, 2.75) is 0 Å². The molecule has 0 saturated heterocycles. The van der Waals surface area contributed by atoms with Gasteiger partial charge in [-0.05, 0) is 36.4 Å². The van der Waals surface area contributed by atoms with Gasteiger partial charge in [-0.2, -0.15) is 5.10 Å². The number of amides is 1. The van der Waals surface area contributed by atoms with Crippen LogP contribution in [0.15, 0.2) is 47.6 Å². The number of rotatable bonds is 5. The first-order valence-corrected chi connectivity index (χ1v) is 6.20. The molecule has 1 amide bonds. The minimum Gasteiger partial charge on any atom is -0.484 e. The monoisotopic (exact) mass is 308 g/mol. The molecule has 2 aromatic carbocycles. The van der Waals surface area contributed by atoms with Crippen molar-refractivity contribution < 1.29 is 22.7 Å². The van der Waals surface area contributed by atoms with E-state index in [2.05, 4.69) is 10.5 Å². The Balaban J connectivity index is 1.85. The molecule has 0 fully saturated rings. The van der Waals surface area contributed by atoms with E-state index in [4.69, 9.17) is 4.74 Å². The third-order valence-corrected chi connectivity index (χ3v) is 2.57. The summed E-state index contributed by atoms with van der Waals surface area (Å²) in [4.78, 5) is 11.4. The lowest BCUT2D eigenvalue weighted by molar-refractivity contribution is -0.123. The lowest BCUT2D eigenvalue weighted by Crippen LogP contribution is -2.24. The number of halogens is 3. The number of carbonyl (C=O) groups excluding carboxylic acids is 1. The van der Waals surface area contributed by atoms with Crippen LogP contribution in [0.25, 0.3) is 0 Å². The van der Waals surface area contributed by atoms with Gasteiger partial charge in [-0.15, -0.1) is 0 Å². The van der Waals surface area contributed by atoms with Crippen LogP contribution in [-0.2, 0) is 4.79 Å². The van der Waals surface area contributed by atoms with Crippen LogP contribution < -0.4 is 10.2 Å². The molecule has 1 N–H and O–H groups in total. The van der Waals surface area contributed by atoms with Crippen molar-refractivity contribution in [2.75, 3.05) is 6.61 Å². The molecule has 0 radical (unpaired) electrons. The highest BCUT2D eigenvalue weighted by Crippen LogP contribution is 2.11. The van der Waals surface area contributed by atoms with E-state index in [0.717, 1.165) is 18.3 Å². The van der Waals surface area contributed by atoms with Gasteiger partial charge in [-0.3, -0.25) is 4.79 Å². The van der Waals surface area contributed by atoms with Crippen LogP contribution in [0.1, 0.15) is 5.56 Å². The average Bonchev–Trinajstić information content (AvgIpc) is 2.50. The molecule has 0 bridgehead atoms. The van der Waals surface area contributed by atoms with Crippen LogP contribution in [-0.4, -0.2) is 18.7 Å². The predicted octanol–water partition coefficient (Wildman–Crippen LogP) is 2.63. The quantitative estimate of drug-likeness (QED) is 0.682. The fourth-order valence-corrected chi connectivity index (χ4v) is 1.51. The van der Waals surface area contributed by atoms with E-state index in [1.165, 1.54) is 30.3 Å². The second-order valence-corrected chi connectivity index (χ2v) is 4.17. The van der Waals surface area contributed by atoms with E-state index in [-0.39, 0.29) is 12.2 Å². The van der Waals surface area contributed by atoms with E-state index in [1.807, 2.05) is 0 Å². The van der Waals surface area contributed by atoms with Crippen LogP contribution in [0.2, 0.25) is 0 Å². The molecular formula is C15H11F3N2O2. The molecule has 0 heterocycles. The van der Waals surface area contributed by atoms with E-state index < -0.39 is 23.4 Å². The molecule has 7 heteroatoms. The molecule has 0 aliphatic rings. The van der Waals surface area contributed by atoms with E-state index in [0.29, 0.717) is 5.75 Å². The molecule has 4 nitrogen and oxygen atoms in total. The molecule has 0 atom stereocenters. The Morgan fingerprint density at radius 2 is 1.73 bits per heavy atom. The van der Waals surface area contributed by atoms with Gasteiger partial charge in [0.1, 0.15) is 23.2 Å². The molecule has 0 saturated carbocycles. The SMILES string of the molecule is O=C(COc1ccc(F)cc1)N/N=C/c1c(F)cccc1F. The van der Waals surface area contributed by atoms with Crippen molar-refractivity contribution in [1.82, 2.24) is 5.43 Å². The Morgan fingerprint density at radius 3 is 2.36 bits per heavy atom. The Morgan fingerprint density at radius 1 is 1.09 bits per heavy atom. The second kappa shape index (κ2) is 7.26. The Kier molecular flexibility index (Phi) is 5.13. The van der Waals surface area contributed by atoms with Crippen LogP contribution in [0, 0.1) is 17.5 Å². The number of nitrogens with one attached hydrogen (secondary N) is 1. The predicted molar refractivity (Wildman–Crippen MR) is 74.0 cm³/mol. The number of nitrogens with zero attached hydrogens (tertiary/aromatic N) is 1. The summed E-state index contributed by atoms with van der Waals surface area (Å²) in [7, 11) is 0. The fraction of sp³-hybridized carbons (Fsp3) is 0.0667. The topological polar surface area (TPSA) is 50.7 Å². The van der Waals surface area contributed by atoms with Crippen molar-refractivity contribution in [3.05, 3.63) is 65.5 Å². The minimum absolute atomic E-state index is 0.306. The lowest BCUT2D eigenvalue weighted by atomic mass is 10.2. The van der Waals surface area contributed by atoms with Crippen molar-refractivity contribution in [3.8, 4) is 5.75 Å². The van der Waals surface area contributed by atoms with Gasteiger partial charge in [0.15, 0.2) is 6.61 Å². The number of benzene rings is 2. The zero-order valence-corrected chi connectivity index (χ0v) is 11.2. The molecule has 0 aromatic heterocycles. The Hall–Kier alpha value is -2.83. The van der Waals surface area contributed by atoms with Gasteiger partial charge in [-0.1, -0.05) is 6.07 Å². The summed E-state index contributed by atoms with van der Waals surface area (Å²) in [5.41, 5.74) is 1.71. The average molecular weight is 308 g/mol. The van der Waals surface area contributed by atoms with Crippen molar-refractivity contribution >= 4 is 12.1 Å². The van der Waals surface area contributed by atoms with Gasteiger partial charge in [0.05, 0.1) is 11.8 Å². The maximum absolute atomic E-state index is 13.3. The smallest absolute Gasteiger partial charge is 0.277 e. The fourth-order valence-electron chi connectivity index (χ4n) is 1.51. The first-order valence-electron chi connectivity index (χ1n) is 6.20. The molecule has 22 heavy (non-hydrogen) atoms. The molecular weight excluding hydrogens is 297 g/mol. The zero-order chi connectivity index (χ0) is 15.9. The van der Waals surface area contributed by atoms with Gasteiger partial charge in [0, 0.05) is 0 Å². The van der Waals surface area contributed by atoms with Gasteiger partial charge in [0.2, 0.25) is 0 Å². The molecule has 0 aliphatic carbocycles. The molecule has 0 spiro atoms. The molecule has 2 rings (SSSR count). The highest BCUT2D eigenvalue weighted by molar-refractivity contribution is 5.83. The standard InChI is InChI=1S/C15H11F3N2O2/c16-10-4-6-11(7-5-10)22-9-15(21)20-19-8-12-13(17)2-1-3-14(12)18/h1-8H,9H2,(H,20,21)/b19-8+. The van der Waals surface area contributed by atoms with Crippen LogP contribution >= 0.6 is 0 Å². The lowest BCUT2D eigenvalue weighted by Gasteiger charge is -2.04. The summed E-state index contributed by atoms with van der Waals surface area (Å²) in [6, 6.07) is 8.46. The van der Waals surface area contributed by atoms with Crippen molar-refractivity contribution in [2.24, 2.45) is 5.10 Å². The van der Waals surface area contributed by atoms with Gasteiger partial charge < -0.3 is 4.74 Å². The Bertz CT molecular complexity index is 667. The summed E-state index contributed by atoms with van der Waals surface area (Å²) < 4.78 is 44.3. The van der Waals surface area contributed by atoms with Gasteiger partial charge in [-0.25, -0.2) is 18.6 Å². The molecule has 0 unspecified atom stereocenters. The summed E-state index contributed by atoms with van der Waals surface area (Å²) in [6.07, 6.45) is 0.862. The van der Waals surface area contributed by atoms with Crippen molar-refractivity contribution in [1.29, 1.82) is 0 Å². The number of hydrogen-bond acceptors (Lipinski definition) is 3. The molecule has 114 valence electrons. The summed E-state index contributed by atoms with van der Waals surface area (Å²) >= 11 is 0. The van der Waals surface area contributed by atoms with Crippen LogP contribution in [0.5, 0.6) is 5.75 Å².